The quantitative estimate of drug-likeness (QED) is 0.152. The summed E-state index contributed by atoms with van der Waals surface area (Å²) in [4.78, 5) is 0. The zero-order valence-corrected chi connectivity index (χ0v) is 6.85. The van der Waals surface area contributed by atoms with Gasteiger partial charge in [-0.3, -0.25) is 0 Å². The van der Waals surface area contributed by atoms with E-state index in [4.69, 9.17) is 25.5 Å². The van der Waals surface area contributed by atoms with Crippen LogP contribution in [0.15, 0.2) is 5.10 Å². The van der Waals surface area contributed by atoms with Gasteiger partial charge in [-0.15, -0.1) is 0 Å². The number of hydrazone groups is 1. The van der Waals surface area contributed by atoms with E-state index in [-0.39, 0.29) is 0 Å². The highest BCUT2D eigenvalue weighted by molar-refractivity contribution is 5.63. The van der Waals surface area contributed by atoms with Gasteiger partial charge in [-0.2, -0.15) is 5.10 Å². The molecule has 7 heteroatoms. The summed E-state index contributed by atoms with van der Waals surface area (Å²) in [5.41, 5.74) is 0. The third-order valence-electron chi connectivity index (χ3n) is 1.52. The highest BCUT2D eigenvalue weighted by Gasteiger charge is 2.28. The van der Waals surface area contributed by atoms with Crippen LogP contribution in [0.1, 0.15) is 0 Å². The van der Waals surface area contributed by atoms with Crippen LogP contribution in [-0.2, 0) is 0 Å². The fourth-order valence-corrected chi connectivity index (χ4v) is 0.714. The van der Waals surface area contributed by atoms with Crippen LogP contribution in [0.3, 0.4) is 0 Å². The Kier molecular flexibility index (Phi) is 5.51. The lowest BCUT2D eigenvalue weighted by Crippen LogP contribution is -2.46. The van der Waals surface area contributed by atoms with E-state index < -0.39 is 31.0 Å². The van der Waals surface area contributed by atoms with Crippen LogP contribution in [0.5, 0.6) is 0 Å². The molecule has 7 nitrogen and oxygen atoms in total. The minimum atomic E-state index is -1.65. The predicted octanol–water partition coefficient (Wildman–Crippen LogP) is -3.63. The number of rotatable bonds is 5. The Bertz CT molecular complexity index is 165. The van der Waals surface area contributed by atoms with Gasteiger partial charge in [0.2, 0.25) is 0 Å². The summed E-state index contributed by atoms with van der Waals surface area (Å²) >= 11 is 0. The molecule has 0 heterocycles. The molecule has 78 valence electrons. The van der Waals surface area contributed by atoms with Crippen LogP contribution in [0.2, 0.25) is 0 Å². The Hall–Kier alpha value is -0.730. The summed E-state index contributed by atoms with van der Waals surface area (Å²) in [7, 11) is 0. The van der Waals surface area contributed by atoms with Gasteiger partial charge < -0.3 is 31.4 Å². The summed E-state index contributed by atoms with van der Waals surface area (Å²) < 4.78 is 0. The molecule has 0 aliphatic rings. The van der Waals surface area contributed by atoms with Crippen molar-refractivity contribution < 1.29 is 25.5 Å². The Morgan fingerprint density at radius 2 is 1.69 bits per heavy atom. The van der Waals surface area contributed by atoms with Crippen LogP contribution < -0.4 is 5.84 Å². The molecule has 0 aromatic rings. The Morgan fingerprint density at radius 1 is 1.15 bits per heavy atom. The number of nitrogens with two attached hydrogens (primary N) is 1. The molecule has 0 aliphatic heterocycles. The first-order chi connectivity index (χ1) is 6.04. The number of hydrogen-bond acceptors (Lipinski definition) is 7. The van der Waals surface area contributed by atoms with Crippen molar-refractivity contribution in [3.8, 4) is 0 Å². The van der Waals surface area contributed by atoms with Crippen molar-refractivity contribution in [1.29, 1.82) is 0 Å². The molecule has 0 amide bonds. The Morgan fingerprint density at radius 3 is 2.08 bits per heavy atom. The second-order valence-electron chi connectivity index (χ2n) is 2.52. The van der Waals surface area contributed by atoms with Gasteiger partial charge in [0.05, 0.1) is 12.8 Å². The lowest BCUT2D eigenvalue weighted by Gasteiger charge is -2.23. The van der Waals surface area contributed by atoms with Gasteiger partial charge in [0.25, 0.3) is 0 Å². The maximum atomic E-state index is 9.10. The van der Waals surface area contributed by atoms with Crippen molar-refractivity contribution in [2.24, 2.45) is 10.9 Å². The summed E-state index contributed by atoms with van der Waals surface area (Å²) in [6.45, 7) is -0.718. The average molecular weight is 194 g/mol. The van der Waals surface area contributed by atoms with Crippen molar-refractivity contribution >= 4 is 6.21 Å². The third kappa shape index (κ3) is 3.66. The summed E-state index contributed by atoms with van der Waals surface area (Å²) in [6.07, 6.45) is -5.50. The van der Waals surface area contributed by atoms with Gasteiger partial charge in [0.1, 0.15) is 24.4 Å². The lowest BCUT2D eigenvalue weighted by atomic mass is 10.0. The summed E-state index contributed by atoms with van der Waals surface area (Å²) in [6, 6.07) is 0. The molecule has 0 unspecified atom stereocenters. The minimum Gasteiger partial charge on any atom is -0.394 e. The molecule has 0 aliphatic carbocycles. The summed E-state index contributed by atoms with van der Waals surface area (Å²) in [5, 5.41) is 47.4. The van der Waals surface area contributed by atoms with Crippen molar-refractivity contribution in [3.63, 3.8) is 0 Å². The molecular formula is C6H14N2O5. The minimum absolute atomic E-state index is 0.718. The molecule has 0 radical (unpaired) electrons. The molecule has 7 N–H and O–H groups in total. The Labute approximate surface area is 74.7 Å². The largest absolute Gasteiger partial charge is 0.394 e. The van der Waals surface area contributed by atoms with E-state index in [1.54, 1.807) is 0 Å². The molecule has 0 rings (SSSR count). The first kappa shape index (κ1) is 12.3. The van der Waals surface area contributed by atoms with Crippen LogP contribution in [0, 0.1) is 0 Å². The number of nitrogens with zero attached hydrogens (tertiary/aromatic N) is 1. The van der Waals surface area contributed by atoms with Crippen LogP contribution >= 0.6 is 0 Å². The molecule has 0 bridgehead atoms. The molecule has 0 saturated carbocycles. The first-order valence-corrected chi connectivity index (χ1v) is 3.61. The fraction of sp³-hybridized carbons (Fsp3) is 0.833. The zero-order chi connectivity index (χ0) is 10.4. The molecule has 4 atom stereocenters. The number of aliphatic hydroxyl groups is 5. The van der Waals surface area contributed by atoms with E-state index in [0.29, 0.717) is 0 Å². The van der Waals surface area contributed by atoms with Crippen molar-refractivity contribution in [3.05, 3.63) is 0 Å². The first-order valence-electron chi connectivity index (χ1n) is 3.61. The van der Waals surface area contributed by atoms with Crippen molar-refractivity contribution in [2.75, 3.05) is 6.61 Å². The van der Waals surface area contributed by atoms with E-state index in [2.05, 4.69) is 10.9 Å². The van der Waals surface area contributed by atoms with E-state index in [1.807, 2.05) is 0 Å². The van der Waals surface area contributed by atoms with E-state index in [0.717, 1.165) is 6.21 Å². The van der Waals surface area contributed by atoms with E-state index in [9.17, 15) is 0 Å². The van der Waals surface area contributed by atoms with Crippen molar-refractivity contribution in [1.82, 2.24) is 0 Å². The molecule has 0 aromatic carbocycles. The van der Waals surface area contributed by atoms with Gasteiger partial charge in [-0.1, -0.05) is 0 Å². The van der Waals surface area contributed by atoms with E-state index in [1.165, 1.54) is 0 Å². The smallest absolute Gasteiger partial charge is 0.119 e. The molecule has 0 fully saturated rings. The van der Waals surface area contributed by atoms with Gasteiger partial charge in [0.15, 0.2) is 0 Å². The van der Waals surface area contributed by atoms with Crippen LogP contribution in [0.4, 0.5) is 0 Å². The summed E-state index contributed by atoms with van der Waals surface area (Å²) in [5.74, 6) is 4.68. The van der Waals surface area contributed by atoms with Crippen LogP contribution in [0.25, 0.3) is 0 Å². The Balaban J connectivity index is 4.15. The van der Waals surface area contributed by atoms with Gasteiger partial charge in [-0.25, -0.2) is 0 Å². The van der Waals surface area contributed by atoms with Crippen LogP contribution in [-0.4, -0.2) is 62.8 Å². The highest BCUT2D eigenvalue weighted by Crippen LogP contribution is 2.03. The molecule has 0 spiro atoms. The topological polar surface area (TPSA) is 140 Å². The standard InChI is InChI=1S/C6H14N2O5/c7-8-1-3(10)5(12)6(13)4(11)2-9/h1,3-6,9-13H,2,7H2/b8-1-/t3-,4+,5+,6-/m0/s1. The predicted molar refractivity (Wildman–Crippen MR) is 43.8 cm³/mol. The molecule has 13 heavy (non-hydrogen) atoms. The van der Waals surface area contributed by atoms with Gasteiger partial charge in [-0.05, 0) is 0 Å². The monoisotopic (exact) mass is 194 g/mol. The maximum absolute atomic E-state index is 9.10. The maximum Gasteiger partial charge on any atom is 0.119 e. The molecular weight excluding hydrogens is 180 g/mol. The number of aliphatic hydroxyl groups excluding tert-OH is 5. The highest BCUT2D eigenvalue weighted by atomic mass is 16.4. The normalized spacial score (nSPS) is 21.3. The second kappa shape index (κ2) is 5.84. The zero-order valence-electron chi connectivity index (χ0n) is 6.85. The second-order valence-corrected chi connectivity index (χ2v) is 2.52. The third-order valence-corrected chi connectivity index (χ3v) is 1.52. The van der Waals surface area contributed by atoms with E-state index >= 15 is 0 Å². The number of hydrogen-bond donors (Lipinski definition) is 6. The SMILES string of the molecule is N/N=C\[C@H](O)[C@@H](O)[C@@H](O)[C@H](O)CO. The van der Waals surface area contributed by atoms with Gasteiger partial charge >= 0.3 is 0 Å². The molecule has 0 aromatic heterocycles. The van der Waals surface area contributed by atoms with Crippen molar-refractivity contribution in [2.45, 2.75) is 24.4 Å². The van der Waals surface area contributed by atoms with Gasteiger partial charge in [0, 0.05) is 0 Å². The fourth-order valence-electron chi connectivity index (χ4n) is 0.714. The molecule has 0 saturated heterocycles. The lowest BCUT2D eigenvalue weighted by molar-refractivity contribution is -0.0999. The average Bonchev–Trinajstić information content (AvgIpc) is 2.14.